The van der Waals surface area contributed by atoms with Crippen molar-refractivity contribution in [3.05, 3.63) is 47.2 Å². The molecule has 0 radical (unpaired) electrons. The average Bonchev–Trinajstić information content (AvgIpc) is 2.90. The number of nitrogens with one attached hydrogen (secondary N) is 1. The lowest BCUT2D eigenvalue weighted by molar-refractivity contribution is -0.119. The smallest absolute Gasteiger partial charge is 0.338 e. The quantitative estimate of drug-likeness (QED) is 0.824. The zero-order valence-corrected chi connectivity index (χ0v) is 13.1. The number of carbonyl (C=O) groups is 2. The minimum atomic E-state index is -0.533. The molecule has 0 atom stereocenters. The van der Waals surface area contributed by atoms with Crippen LogP contribution in [-0.2, 0) is 15.3 Å². The van der Waals surface area contributed by atoms with Gasteiger partial charge in [-0.15, -0.1) is 0 Å². The van der Waals surface area contributed by atoms with Crippen molar-refractivity contribution in [2.75, 3.05) is 18.2 Å². The summed E-state index contributed by atoms with van der Waals surface area (Å²) in [6.45, 7) is 1.34. The molecule has 0 saturated carbocycles. The van der Waals surface area contributed by atoms with E-state index in [0.29, 0.717) is 17.1 Å². The van der Waals surface area contributed by atoms with Crippen LogP contribution in [0.1, 0.15) is 21.7 Å². The number of esters is 1. The molecule has 0 aliphatic heterocycles. The molecule has 22 heavy (non-hydrogen) atoms. The van der Waals surface area contributed by atoms with Gasteiger partial charge < -0.3 is 14.6 Å². The Morgan fingerprint density at radius 2 is 2.18 bits per heavy atom. The van der Waals surface area contributed by atoms with Crippen LogP contribution in [0.3, 0.4) is 0 Å². The topological polar surface area (TPSA) is 81.4 Å². The zero-order valence-electron chi connectivity index (χ0n) is 12.3. The zero-order chi connectivity index (χ0) is 15.9. The number of anilines is 1. The minimum Gasteiger partial charge on any atom is -0.452 e. The normalized spacial score (nSPS) is 10.3. The molecule has 0 fully saturated rings. The molecular formula is C15H16N2O4S. The summed E-state index contributed by atoms with van der Waals surface area (Å²) in [5, 5.41) is 6.10. The van der Waals surface area contributed by atoms with Crippen molar-refractivity contribution in [2.45, 2.75) is 12.7 Å². The highest BCUT2D eigenvalue weighted by Gasteiger charge is 2.12. The van der Waals surface area contributed by atoms with Crippen molar-refractivity contribution < 1.29 is 18.8 Å². The third-order valence-electron chi connectivity index (χ3n) is 2.70. The molecule has 0 unspecified atom stereocenters. The second-order valence-electron chi connectivity index (χ2n) is 4.58. The Morgan fingerprint density at radius 1 is 1.36 bits per heavy atom. The van der Waals surface area contributed by atoms with Crippen LogP contribution in [0.4, 0.5) is 5.82 Å². The fraction of sp³-hybridized carbons (Fsp3) is 0.267. The molecule has 2 rings (SSSR count). The summed E-state index contributed by atoms with van der Waals surface area (Å²) in [5.41, 5.74) is 1.46. The van der Waals surface area contributed by atoms with Gasteiger partial charge in [0.25, 0.3) is 5.91 Å². The molecule has 0 saturated heterocycles. The van der Waals surface area contributed by atoms with Crippen molar-refractivity contribution >= 4 is 29.5 Å². The van der Waals surface area contributed by atoms with Gasteiger partial charge in [-0.25, -0.2) is 4.79 Å². The molecule has 7 heteroatoms. The van der Waals surface area contributed by atoms with Crippen LogP contribution in [0.5, 0.6) is 0 Å². The van der Waals surface area contributed by atoms with E-state index >= 15 is 0 Å². The van der Waals surface area contributed by atoms with Gasteiger partial charge in [0.15, 0.2) is 12.4 Å². The summed E-state index contributed by atoms with van der Waals surface area (Å²) < 4.78 is 9.81. The number of carbonyl (C=O) groups excluding carboxylic acids is 2. The van der Waals surface area contributed by atoms with Crippen LogP contribution in [0.2, 0.25) is 0 Å². The molecule has 0 bridgehead atoms. The molecule has 0 spiro atoms. The van der Waals surface area contributed by atoms with Crippen molar-refractivity contribution in [1.29, 1.82) is 0 Å². The van der Waals surface area contributed by atoms with E-state index in [9.17, 15) is 9.59 Å². The Kier molecular flexibility index (Phi) is 5.60. The Hall–Kier alpha value is -2.28. The van der Waals surface area contributed by atoms with Gasteiger partial charge in [-0.1, -0.05) is 17.3 Å². The molecule has 1 amide bonds. The predicted octanol–water partition coefficient (Wildman–Crippen LogP) is 2.64. The number of aromatic nitrogens is 1. The van der Waals surface area contributed by atoms with Gasteiger partial charge in [0.2, 0.25) is 0 Å². The molecule has 0 aliphatic carbocycles. The van der Waals surface area contributed by atoms with Gasteiger partial charge in [-0.05, 0) is 30.9 Å². The van der Waals surface area contributed by atoms with Crippen molar-refractivity contribution in [2.24, 2.45) is 0 Å². The van der Waals surface area contributed by atoms with E-state index < -0.39 is 11.9 Å². The van der Waals surface area contributed by atoms with E-state index in [1.165, 1.54) is 0 Å². The van der Waals surface area contributed by atoms with Gasteiger partial charge in [-0.3, -0.25) is 4.79 Å². The Morgan fingerprint density at radius 3 is 2.86 bits per heavy atom. The SMILES string of the molecule is CSCc1cccc(C(=O)OCC(=O)Nc2cc(C)on2)c1. The number of nitrogens with zero attached hydrogens (tertiary/aromatic N) is 1. The van der Waals surface area contributed by atoms with Crippen LogP contribution in [0, 0.1) is 6.92 Å². The molecule has 1 N–H and O–H groups in total. The standard InChI is InChI=1S/C15H16N2O4S/c1-10-6-13(17-21-10)16-14(18)8-20-15(19)12-5-3-4-11(7-12)9-22-2/h3-7H,8-9H2,1-2H3,(H,16,17,18). The summed E-state index contributed by atoms with van der Waals surface area (Å²) in [6, 6.07) is 8.72. The van der Waals surface area contributed by atoms with E-state index in [1.54, 1.807) is 43.0 Å². The summed E-state index contributed by atoms with van der Waals surface area (Å²) >= 11 is 1.66. The fourth-order valence-corrected chi connectivity index (χ4v) is 2.29. The molecule has 1 aromatic heterocycles. The van der Waals surface area contributed by atoms with Crippen LogP contribution in [0.15, 0.2) is 34.9 Å². The second-order valence-corrected chi connectivity index (χ2v) is 5.45. The highest BCUT2D eigenvalue weighted by Crippen LogP contribution is 2.12. The maximum atomic E-state index is 11.9. The molecule has 2 aromatic rings. The number of aryl methyl sites for hydroxylation is 1. The lowest BCUT2D eigenvalue weighted by Gasteiger charge is -2.06. The molecule has 1 heterocycles. The molecule has 116 valence electrons. The lowest BCUT2D eigenvalue weighted by atomic mass is 10.1. The number of hydrogen-bond donors (Lipinski definition) is 1. The fourth-order valence-electron chi connectivity index (χ4n) is 1.77. The Bertz CT molecular complexity index is 669. The maximum Gasteiger partial charge on any atom is 0.338 e. The van der Waals surface area contributed by atoms with E-state index in [2.05, 4.69) is 10.5 Å². The second kappa shape index (κ2) is 7.65. The van der Waals surface area contributed by atoms with Gasteiger partial charge in [0.05, 0.1) is 5.56 Å². The van der Waals surface area contributed by atoms with E-state index in [1.807, 2.05) is 12.3 Å². The number of benzene rings is 1. The average molecular weight is 320 g/mol. The molecular weight excluding hydrogens is 304 g/mol. The molecule has 0 aliphatic rings. The first kappa shape index (κ1) is 16.1. The molecule has 6 nitrogen and oxygen atoms in total. The highest BCUT2D eigenvalue weighted by molar-refractivity contribution is 7.97. The van der Waals surface area contributed by atoms with Gasteiger partial charge in [0.1, 0.15) is 5.76 Å². The summed E-state index contributed by atoms with van der Waals surface area (Å²) in [4.78, 5) is 23.6. The third-order valence-corrected chi connectivity index (χ3v) is 3.33. The first-order valence-electron chi connectivity index (χ1n) is 6.56. The number of hydrogen-bond acceptors (Lipinski definition) is 6. The van der Waals surface area contributed by atoms with Gasteiger partial charge in [-0.2, -0.15) is 11.8 Å². The number of thioether (sulfide) groups is 1. The van der Waals surface area contributed by atoms with E-state index in [4.69, 9.17) is 9.26 Å². The van der Waals surface area contributed by atoms with Gasteiger partial charge >= 0.3 is 5.97 Å². The van der Waals surface area contributed by atoms with Crippen molar-refractivity contribution in [3.8, 4) is 0 Å². The highest BCUT2D eigenvalue weighted by atomic mass is 32.2. The summed E-state index contributed by atoms with van der Waals surface area (Å²) in [6.07, 6.45) is 1.99. The van der Waals surface area contributed by atoms with E-state index in [-0.39, 0.29) is 6.61 Å². The predicted molar refractivity (Wildman–Crippen MR) is 83.8 cm³/mol. The number of rotatable bonds is 6. The number of ether oxygens (including phenoxy) is 1. The van der Waals surface area contributed by atoms with Crippen LogP contribution in [-0.4, -0.2) is 29.9 Å². The minimum absolute atomic E-state index is 0.292. The number of amides is 1. The van der Waals surface area contributed by atoms with Crippen LogP contribution >= 0.6 is 11.8 Å². The first-order chi connectivity index (χ1) is 10.6. The monoisotopic (exact) mass is 320 g/mol. The summed E-state index contributed by atoms with van der Waals surface area (Å²) in [7, 11) is 0. The summed E-state index contributed by atoms with van der Waals surface area (Å²) in [5.74, 6) is 0.683. The van der Waals surface area contributed by atoms with Crippen molar-refractivity contribution in [3.63, 3.8) is 0 Å². The van der Waals surface area contributed by atoms with Gasteiger partial charge in [0, 0.05) is 11.8 Å². The largest absolute Gasteiger partial charge is 0.452 e. The Balaban J connectivity index is 1.86. The third kappa shape index (κ3) is 4.63. The van der Waals surface area contributed by atoms with E-state index in [0.717, 1.165) is 11.3 Å². The first-order valence-corrected chi connectivity index (χ1v) is 7.96. The molecule has 1 aromatic carbocycles. The van der Waals surface area contributed by atoms with Crippen molar-refractivity contribution in [1.82, 2.24) is 5.16 Å². The maximum absolute atomic E-state index is 11.9. The lowest BCUT2D eigenvalue weighted by Crippen LogP contribution is -2.21. The Labute approximate surface area is 132 Å². The van der Waals surface area contributed by atoms with Crippen LogP contribution in [0.25, 0.3) is 0 Å². The van der Waals surface area contributed by atoms with Crippen LogP contribution < -0.4 is 5.32 Å².